The first-order valence-electron chi connectivity index (χ1n) is 10.1. The van der Waals surface area contributed by atoms with E-state index in [1.165, 1.54) is 10.5 Å². The molecule has 2 aromatic heterocycles. The molecule has 0 spiro atoms. The van der Waals surface area contributed by atoms with Crippen molar-refractivity contribution in [3.8, 4) is 0 Å². The summed E-state index contributed by atoms with van der Waals surface area (Å²) in [5.74, 6) is 0. The summed E-state index contributed by atoms with van der Waals surface area (Å²) in [6, 6.07) is 14.3. The van der Waals surface area contributed by atoms with Gasteiger partial charge >= 0.3 is 0 Å². The van der Waals surface area contributed by atoms with E-state index in [1.54, 1.807) is 18.2 Å². The predicted octanol–water partition coefficient (Wildman–Crippen LogP) is 5.10. The molecular formula is C23H20N4O3. The fourth-order valence-electron chi connectivity index (χ4n) is 4.28. The fourth-order valence-corrected chi connectivity index (χ4v) is 4.28. The monoisotopic (exact) mass is 400 g/mol. The number of nitro groups is 1. The standard InChI is InChI=1S/C23H20N4O3/c1-2-3-4-13-24-17-12-11-16-20-14(17)7-5-8-15(20)22-25-18-9-6-10-19(27(29)30)21(18)26(22)23(16)28/h5-12,24H,2-4,13H2,1H3. The van der Waals surface area contributed by atoms with Crippen LogP contribution in [0.2, 0.25) is 0 Å². The summed E-state index contributed by atoms with van der Waals surface area (Å²) in [6.07, 6.45) is 3.40. The van der Waals surface area contributed by atoms with Gasteiger partial charge in [-0.3, -0.25) is 19.3 Å². The molecule has 0 amide bonds. The number of nitrogens with zero attached hydrogens (tertiary/aromatic N) is 3. The van der Waals surface area contributed by atoms with Crippen molar-refractivity contribution >= 4 is 49.6 Å². The molecule has 0 fully saturated rings. The second kappa shape index (κ2) is 6.95. The predicted molar refractivity (Wildman–Crippen MR) is 120 cm³/mol. The summed E-state index contributed by atoms with van der Waals surface area (Å²) >= 11 is 0. The van der Waals surface area contributed by atoms with Gasteiger partial charge < -0.3 is 5.32 Å². The molecule has 0 aliphatic carbocycles. The highest BCUT2D eigenvalue weighted by atomic mass is 16.6. The van der Waals surface area contributed by atoms with Crippen molar-refractivity contribution in [1.82, 2.24) is 9.38 Å². The summed E-state index contributed by atoms with van der Waals surface area (Å²) < 4.78 is 1.39. The average Bonchev–Trinajstić information content (AvgIpc) is 3.15. The Morgan fingerprint density at radius 3 is 2.63 bits per heavy atom. The first kappa shape index (κ1) is 18.3. The number of para-hydroxylation sites is 1. The van der Waals surface area contributed by atoms with Gasteiger partial charge in [0.05, 0.1) is 10.4 Å². The van der Waals surface area contributed by atoms with E-state index in [4.69, 9.17) is 0 Å². The molecule has 7 nitrogen and oxygen atoms in total. The lowest BCUT2D eigenvalue weighted by Gasteiger charge is -2.13. The number of hydrogen-bond acceptors (Lipinski definition) is 5. The van der Waals surface area contributed by atoms with Gasteiger partial charge in [0.1, 0.15) is 5.65 Å². The zero-order valence-electron chi connectivity index (χ0n) is 16.5. The number of hydrogen-bond donors (Lipinski definition) is 1. The van der Waals surface area contributed by atoms with Crippen LogP contribution in [0.25, 0.3) is 38.2 Å². The molecule has 3 aromatic carbocycles. The zero-order valence-corrected chi connectivity index (χ0v) is 16.5. The Hall–Kier alpha value is -3.74. The smallest absolute Gasteiger partial charge is 0.295 e. The lowest BCUT2D eigenvalue weighted by molar-refractivity contribution is -0.383. The largest absolute Gasteiger partial charge is 0.385 e. The van der Waals surface area contributed by atoms with E-state index >= 15 is 0 Å². The molecule has 0 unspecified atom stereocenters. The van der Waals surface area contributed by atoms with Crippen LogP contribution in [0.15, 0.2) is 53.3 Å². The van der Waals surface area contributed by atoms with Gasteiger partial charge in [-0.05, 0) is 24.6 Å². The fraction of sp³-hybridized carbons (Fsp3) is 0.217. The molecule has 0 atom stereocenters. The van der Waals surface area contributed by atoms with Crippen LogP contribution in [0, 0.1) is 10.1 Å². The van der Waals surface area contributed by atoms with Gasteiger partial charge in [0.25, 0.3) is 11.2 Å². The molecule has 7 heteroatoms. The molecule has 0 bridgehead atoms. The van der Waals surface area contributed by atoms with E-state index in [0.29, 0.717) is 16.6 Å². The van der Waals surface area contributed by atoms with Crippen LogP contribution in [0.4, 0.5) is 11.4 Å². The number of fused-ring (bicyclic) bond motifs is 4. The molecule has 0 aliphatic rings. The van der Waals surface area contributed by atoms with Gasteiger partial charge in [-0.2, -0.15) is 0 Å². The summed E-state index contributed by atoms with van der Waals surface area (Å²) in [5, 5.41) is 18.2. The Morgan fingerprint density at radius 2 is 1.83 bits per heavy atom. The molecule has 5 rings (SSSR count). The second-order valence-electron chi connectivity index (χ2n) is 7.50. The van der Waals surface area contributed by atoms with Crippen LogP contribution in [-0.2, 0) is 0 Å². The number of rotatable bonds is 6. The SMILES string of the molecule is CCCCCNc1ccc2c(=O)n3c(nc4cccc([N+](=O)[O-])c43)c3cccc1c23. The van der Waals surface area contributed by atoms with Crippen LogP contribution >= 0.6 is 0 Å². The van der Waals surface area contributed by atoms with E-state index in [-0.39, 0.29) is 16.8 Å². The molecule has 2 heterocycles. The number of nitrogens with one attached hydrogen (secondary N) is 1. The molecular weight excluding hydrogens is 380 g/mol. The van der Waals surface area contributed by atoms with Crippen molar-refractivity contribution in [3.63, 3.8) is 0 Å². The average molecular weight is 400 g/mol. The van der Waals surface area contributed by atoms with Gasteiger partial charge in [-0.1, -0.05) is 44.0 Å². The van der Waals surface area contributed by atoms with Gasteiger partial charge in [-0.15, -0.1) is 0 Å². The van der Waals surface area contributed by atoms with Crippen LogP contribution in [0.1, 0.15) is 26.2 Å². The lowest BCUT2D eigenvalue weighted by atomic mass is 10.0. The minimum Gasteiger partial charge on any atom is -0.385 e. The highest BCUT2D eigenvalue weighted by molar-refractivity contribution is 6.18. The lowest BCUT2D eigenvalue weighted by Crippen LogP contribution is -2.14. The third-order valence-corrected chi connectivity index (χ3v) is 5.66. The van der Waals surface area contributed by atoms with Crippen LogP contribution < -0.4 is 10.9 Å². The summed E-state index contributed by atoms with van der Waals surface area (Å²) in [6.45, 7) is 3.04. The van der Waals surface area contributed by atoms with E-state index in [0.717, 1.165) is 47.7 Å². The molecule has 0 radical (unpaired) electrons. The van der Waals surface area contributed by atoms with Crippen molar-refractivity contribution in [3.05, 3.63) is 69.0 Å². The minimum absolute atomic E-state index is 0.121. The third-order valence-electron chi connectivity index (χ3n) is 5.66. The van der Waals surface area contributed by atoms with Crippen molar-refractivity contribution < 1.29 is 4.92 Å². The van der Waals surface area contributed by atoms with E-state index in [1.807, 2.05) is 24.3 Å². The number of imidazole rings is 1. The Labute approximate surface area is 171 Å². The molecule has 0 aliphatic heterocycles. The van der Waals surface area contributed by atoms with E-state index in [2.05, 4.69) is 17.2 Å². The maximum atomic E-state index is 13.4. The Kier molecular flexibility index (Phi) is 4.24. The van der Waals surface area contributed by atoms with E-state index in [9.17, 15) is 14.9 Å². The topological polar surface area (TPSA) is 89.5 Å². The highest BCUT2D eigenvalue weighted by Crippen LogP contribution is 2.35. The molecule has 5 aromatic rings. The first-order valence-corrected chi connectivity index (χ1v) is 10.1. The number of unbranched alkanes of at least 4 members (excludes halogenated alkanes) is 2. The number of pyridine rings is 1. The van der Waals surface area contributed by atoms with Crippen molar-refractivity contribution in [2.24, 2.45) is 0 Å². The Morgan fingerprint density at radius 1 is 1.03 bits per heavy atom. The first-order chi connectivity index (χ1) is 14.6. The summed E-state index contributed by atoms with van der Waals surface area (Å²) in [7, 11) is 0. The van der Waals surface area contributed by atoms with Gasteiger partial charge in [0, 0.05) is 39.8 Å². The van der Waals surface area contributed by atoms with E-state index < -0.39 is 4.92 Å². The van der Waals surface area contributed by atoms with Crippen LogP contribution in [0.5, 0.6) is 0 Å². The Bertz CT molecular complexity index is 1490. The minimum atomic E-state index is -0.468. The van der Waals surface area contributed by atoms with Crippen molar-refractivity contribution in [1.29, 1.82) is 0 Å². The molecule has 0 saturated heterocycles. The van der Waals surface area contributed by atoms with Gasteiger partial charge in [0.15, 0.2) is 5.52 Å². The number of non-ortho nitro benzene ring substituents is 1. The maximum absolute atomic E-state index is 13.4. The van der Waals surface area contributed by atoms with Crippen LogP contribution in [0.3, 0.4) is 0 Å². The molecule has 1 N–H and O–H groups in total. The summed E-state index contributed by atoms with van der Waals surface area (Å²) in [5.41, 5.74) is 1.70. The number of nitro benzene ring substituents is 1. The number of benzene rings is 3. The van der Waals surface area contributed by atoms with Crippen molar-refractivity contribution in [2.75, 3.05) is 11.9 Å². The Balaban J connectivity index is 1.85. The third kappa shape index (κ3) is 2.58. The van der Waals surface area contributed by atoms with Crippen LogP contribution in [-0.4, -0.2) is 20.9 Å². The zero-order chi connectivity index (χ0) is 20.8. The normalized spacial score (nSPS) is 11.8. The molecule has 30 heavy (non-hydrogen) atoms. The number of anilines is 1. The van der Waals surface area contributed by atoms with Gasteiger partial charge in [0.2, 0.25) is 0 Å². The molecule has 0 saturated carbocycles. The second-order valence-corrected chi connectivity index (χ2v) is 7.50. The van der Waals surface area contributed by atoms with Crippen molar-refractivity contribution in [2.45, 2.75) is 26.2 Å². The number of aromatic nitrogens is 2. The maximum Gasteiger partial charge on any atom is 0.295 e. The molecule has 150 valence electrons. The quantitative estimate of drug-likeness (QED) is 0.243. The summed E-state index contributed by atoms with van der Waals surface area (Å²) in [4.78, 5) is 29.1. The highest BCUT2D eigenvalue weighted by Gasteiger charge is 2.22. The van der Waals surface area contributed by atoms with Gasteiger partial charge in [-0.25, -0.2) is 4.98 Å².